The molecule has 0 aliphatic heterocycles. The van der Waals surface area contributed by atoms with E-state index in [0.717, 1.165) is 17.7 Å². The van der Waals surface area contributed by atoms with E-state index < -0.39 is 0 Å². The second kappa shape index (κ2) is 5.96. The molecule has 0 bridgehead atoms. The Morgan fingerprint density at radius 2 is 1.89 bits per heavy atom. The number of rotatable bonds is 4. The molecule has 0 N–H and O–H groups in total. The van der Waals surface area contributed by atoms with Crippen LogP contribution in [0.3, 0.4) is 0 Å². The highest BCUT2D eigenvalue weighted by Crippen LogP contribution is 2.16. The fourth-order valence-corrected chi connectivity index (χ4v) is 1.59. The van der Waals surface area contributed by atoms with Crippen LogP contribution in [-0.2, 0) is 4.74 Å². The van der Waals surface area contributed by atoms with E-state index in [1.165, 1.54) is 0 Å². The van der Waals surface area contributed by atoms with Crippen molar-refractivity contribution in [1.82, 2.24) is 4.98 Å². The molecule has 0 aliphatic rings. The first-order valence-electron chi connectivity index (χ1n) is 6.01. The fraction of sp³-hybridized carbons (Fsp3) is 0.200. The summed E-state index contributed by atoms with van der Waals surface area (Å²) in [5.74, 6) is -0.366. The van der Waals surface area contributed by atoms with Crippen LogP contribution in [0.4, 0.5) is 0 Å². The third kappa shape index (κ3) is 2.94. The highest BCUT2D eigenvalue weighted by molar-refractivity contribution is 5.87. The average Bonchev–Trinajstić information content (AvgIpc) is 2.46. The van der Waals surface area contributed by atoms with Gasteiger partial charge in [0.1, 0.15) is 5.69 Å². The topological polar surface area (TPSA) is 39.2 Å². The number of pyridine rings is 1. The van der Waals surface area contributed by atoms with Gasteiger partial charge in [0.05, 0.1) is 12.3 Å². The molecular weight excluding hydrogens is 226 g/mol. The molecule has 0 unspecified atom stereocenters. The maximum atomic E-state index is 11.7. The molecule has 92 valence electrons. The number of benzene rings is 1. The quantitative estimate of drug-likeness (QED) is 0.771. The molecule has 3 nitrogen and oxygen atoms in total. The molecule has 2 aromatic rings. The van der Waals surface area contributed by atoms with Crippen LogP contribution in [0.5, 0.6) is 0 Å². The van der Waals surface area contributed by atoms with E-state index in [9.17, 15) is 4.79 Å². The lowest BCUT2D eigenvalue weighted by Crippen LogP contribution is -2.08. The minimum absolute atomic E-state index is 0.352. The molecule has 1 aromatic carbocycles. The van der Waals surface area contributed by atoms with Crippen LogP contribution in [0.1, 0.15) is 23.8 Å². The molecule has 0 fully saturated rings. The van der Waals surface area contributed by atoms with Crippen LogP contribution in [0.15, 0.2) is 48.5 Å². The number of hydrogen-bond donors (Lipinski definition) is 0. The minimum atomic E-state index is -0.366. The maximum absolute atomic E-state index is 11.7. The molecule has 18 heavy (non-hydrogen) atoms. The van der Waals surface area contributed by atoms with Crippen molar-refractivity contribution in [2.75, 3.05) is 6.61 Å². The van der Waals surface area contributed by atoms with Crippen LogP contribution in [0, 0.1) is 0 Å². The van der Waals surface area contributed by atoms with Crippen molar-refractivity contribution < 1.29 is 9.53 Å². The highest BCUT2D eigenvalue weighted by Gasteiger charge is 2.09. The van der Waals surface area contributed by atoms with Gasteiger partial charge in [-0.25, -0.2) is 9.78 Å². The predicted molar refractivity (Wildman–Crippen MR) is 70.2 cm³/mol. The Kier molecular flexibility index (Phi) is 4.07. The van der Waals surface area contributed by atoms with Crippen LogP contribution in [0.25, 0.3) is 11.3 Å². The van der Waals surface area contributed by atoms with Gasteiger partial charge in [-0.15, -0.1) is 0 Å². The van der Waals surface area contributed by atoms with E-state index in [2.05, 4.69) is 4.98 Å². The maximum Gasteiger partial charge on any atom is 0.356 e. The molecule has 0 saturated heterocycles. The summed E-state index contributed by atoms with van der Waals surface area (Å²) in [4.78, 5) is 16.0. The molecule has 0 saturated carbocycles. The Hall–Kier alpha value is -2.16. The fourth-order valence-electron chi connectivity index (χ4n) is 1.59. The summed E-state index contributed by atoms with van der Waals surface area (Å²) >= 11 is 0. The molecule has 1 heterocycles. The van der Waals surface area contributed by atoms with Crippen molar-refractivity contribution in [3.8, 4) is 11.3 Å². The van der Waals surface area contributed by atoms with Crippen molar-refractivity contribution in [3.05, 3.63) is 54.2 Å². The first-order chi connectivity index (χ1) is 8.81. The molecule has 0 aliphatic carbocycles. The number of carbonyl (C=O) groups is 1. The zero-order chi connectivity index (χ0) is 12.8. The lowest BCUT2D eigenvalue weighted by molar-refractivity contribution is 0.0498. The van der Waals surface area contributed by atoms with Crippen molar-refractivity contribution >= 4 is 5.97 Å². The zero-order valence-electron chi connectivity index (χ0n) is 10.3. The van der Waals surface area contributed by atoms with Gasteiger partial charge < -0.3 is 4.74 Å². The van der Waals surface area contributed by atoms with Gasteiger partial charge in [-0.3, -0.25) is 0 Å². The summed E-state index contributed by atoms with van der Waals surface area (Å²) in [6, 6.07) is 15.1. The second-order valence-corrected chi connectivity index (χ2v) is 3.91. The van der Waals surface area contributed by atoms with Crippen LogP contribution >= 0.6 is 0 Å². The Balaban J connectivity index is 2.23. The molecule has 0 spiro atoms. The molecule has 0 amide bonds. The first-order valence-corrected chi connectivity index (χ1v) is 6.01. The molecule has 3 heteroatoms. The summed E-state index contributed by atoms with van der Waals surface area (Å²) in [6.45, 7) is 2.39. The van der Waals surface area contributed by atoms with E-state index in [-0.39, 0.29) is 5.97 Å². The minimum Gasteiger partial charge on any atom is -0.461 e. The molecular formula is C15H15NO2. The number of carbonyl (C=O) groups excluding carboxylic acids is 1. The van der Waals surface area contributed by atoms with Gasteiger partial charge in [0.2, 0.25) is 0 Å². The third-order valence-corrected chi connectivity index (χ3v) is 2.47. The monoisotopic (exact) mass is 241 g/mol. The molecule has 0 radical (unpaired) electrons. The van der Waals surface area contributed by atoms with Crippen molar-refractivity contribution in [2.45, 2.75) is 13.3 Å². The van der Waals surface area contributed by atoms with Crippen LogP contribution in [0.2, 0.25) is 0 Å². The number of nitrogens with zero attached hydrogens (tertiary/aromatic N) is 1. The van der Waals surface area contributed by atoms with E-state index in [0.29, 0.717) is 12.3 Å². The standard InChI is InChI=1S/C15H15NO2/c1-2-11-18-15(17)14-10-6-9-13(16-14)12-7-4-3-5-8-12/h3-10H,2,11H2,1H3. The van der Waals surface area contributed by atoms with Crippen LogP contribution in [-0.4, -0.2) is 17.6 Å². The van der Waals surface area contributed by atoms with Crippen LogP contribution < -0.4 is 0 Å². The van der Waals surface area contributed by atoms with Gasteiger partial charge in [-0.05, 0) is 18.6 Å². The van der Waals surface area contributed by atoms with Gasteiger partial charge in [0.25, 0.3) is 0 Å². The van der Waals surface area contributed by atoms with Gasteiger partial charge in [-0.2, -0.15) is 0 Å². The summed E-state index contributed by atoms with van der Waals surface area (Å²) in [5.41, 5.74) is 2.12. The highest BCUT2D eigenvalue weighted by atomic mass is 16.5. The van der Waals surface area contributed by atoms with Gasteiger partial charge in [0, 0.05) is 5.56 Å². The Morgan fingerprint density at radius 1 is 1.11 bits per heavy atom. The van der Waals surface area contributed by atoms with E-state index in [4.69, 9.17) is 4.74 Å². The second-order valence-electron chi connectivity index (χ2n) is 3.91. The van der Waals surface area contributed by atoms with E-state index >= 15 is 0 Å². The molecule has 0 atom stereocenters. The number of ether oxygens (including phenoxy) is 1. The Bertz CT molecular complexity index is 523. The molecule has 1 aromatic heterocycles. The van der Waals surface area contributed by atoms with E-state index in [1.54, 1.807) is 6.07 Å². The number of hydrogen-bond acceptors (Lipinski definition) is 3. The van der Waals surface area contributed by atoms with Crippen molar-refractivity contribution in [3.63, 3.8) is 0 Å². The van der Waals surface area contributed by atoms with Gasteiger partial charge in [0.15, 0.2) is 0 Å². The SMILES string of the molecule is CCCOC(=O)c1cccc(-c2ccccc2)n1. The summed E-state index contributed by atoms with van der Waals surface area (Å²) in [5, 5.41) is 0. The normalized spacial score (nSPS) is 10.1. The Labute approximate surface area is 106 Å². The summed E-state index contributed by atoms with van der Waals surface area (Å²) in [7, 11) is 0. The third-order valence-electron chi connectivity index (χ3n) is 2.47. The smallest absolute Gasteiger partial charge is 0.356 e. The first kappa shape index (κ1) is 12.3. The molecule has 2 rings (SSSR count). The average molecular weight is 241 g/mol. The number of aromatic nitrogens is 1. The lowest BCUT2D eigenvalue weighted by atomic mass is 10.1. The largest absolute Gasteiger partial charge is 0.461 e. The Morgan fingerprint density at radius 3 is 2.61 bits per heavy atom. The van der Waals surface area contributed by atoms with Gasteiger partial charge >= 0.3 is 5.97 Å². The zero-order valence-corrected chi connectivity index (χ0v) is 10.3. The summed E-state index contributed by atoms with van der Waals surface area (Å²) < 4.78 is 5.07. The summed E-state index contributed by atoms with van der Waals surface area (Å²) in [6.07, 6.45) is 0.810. The van der Waals surface area contributed by atoms with Crippen molar-refractivity contribution in [1.29, 1.82) is 0 Å². The van der Waals surface area contributed by atoms with E-state index in [1.807, 2.05) is 49.4 Å². The van der Waals surface area contributed by atoms with Crippen molar-refractivity contribution in [2.24, 2.45) is 0 Å². The number of esters is 1. The lowest BCUT2D eigenvalue weighted by Gasteiger charge is -2.05. The predicted octanol–water partition coefficient (Wildman–Crippen LogP) is 3.32. The van der Waals surface area contributed by atoms with Gasteiger partial charge in [-0.1, -0.05) is 43.3 Å².